The molecule has 120 valence electrons. The van der Waals surface area contributed by atoms with Gasteiger partial charge in [0.05, 0.1) is 11.0 Å². The maximum absolute atomic E-state index is 5.87. The molecule has 0 amide bonds. The van der Waals surface area contributed by atoms with Crippen molar-refractivity contribution >= 4 is 38.6 Å². The lowest BCUT2D eigenvalue weighted by Gasteiger charge is -2.04. The molecule has 0 spiro atoms. The number of nitrogens with zero attached hydrogens (tertiary/aromatic N) is 1. The summed E-state index contributed by atoms with van der Waals surface area (Å²) in [5.74, 6) is 1.61. The number of aryl methyl sites for hydroxylation is 2. The largest absolute Gasteiger partial charge is 0.486 e. The van der Waals surface area contributed by atoms with Crippen molar-refractivity contribution < 1.29 is 4.74 Å². The molecule has 0 fully saturated rings. The van der Waals surface area contributed by atoms with Crippen LogP contribution < -0.4 is 4.74 Å². The molecular weight excluding hydrogens is 376 g/mol. The van der Waals surface area contributed by atoms with Crippen molar-refractivity contribution in [2.75, 3.05) is 5.33 Å². The third-order valence-electron chi connectivity index (χ3n) is 3.84. The summed E-state index contributed by atoms with van der Waals surface area (Å²) in [5, 5.41) is 1.72. The predicted molar refractivity (Wildman–Crippen MR) is 98.7 cm³/mol. The second-order valence-corrected chi connectivity index (χ2v) is 6.69. The Balaban J connectivity index is 1.77. The molecule has 3 nitrogen and oxygen atoms in total. The zero-order valence-electron chi connectivity index (χ0n) is 12.9. The number of halogens is 2. The van der Waals surface area contributed by atoms with Crippen LogP contribution in [0.15, 0.2) is 36.4 Å². The van der Waals surface area contributed by atoms with Crippen LogP contribution in [0.1, 0.15) is 23.4 Å². The molecule has 0 bridgehead atoms. The molecule has 3 aromatic rings. The third kappa shape index (κ3) is 3.88. The van der Waals surface area contributed by atoms with Gasteiger partial charge in [-0.2, -0.15) is 0 Å². The van der Waals surface area contributed by atoms with Crippen LogP contribution in [-0.4, -0.2) is 15.3 Å². The number of aromatic nitrogens is 2. The first-order chi connectivity index (χ1) is 11.2. The maximum Gasteiger partial charge on any atom is 0.146 e. The fourth-order valence-corrected chi connectivity index (χ4v) is 2.99. The number of alkyl halides is 1. The molecule has 2 aromatic carbocycles. The Kier molecular flexibility index (Phi) is 5.23. The minimum atomic E-state index is 0.409. The van der Waals surface area contributed by atoms with E-state index in [0.717, 1.165) is 40.8 Å². The minimum Gasteiger partial charge on any atom is -0.486 e. The summed E-state index contributed by atoms with van der Waals surface area (Å²) in [6.07, 6.45) is 2.19. The van der Waals surface area contributed by atoms with Crippen molar-refractivity contribution in [2.24, 2.45) is 0 Å². The molecule has 1 N–H and O–H groups in total. The van der Waals surface area contributed by atoms with Gasteiger partial charge >= 0.3 is 0 Å². The molecular formula is C18H18BrClN2O. The van der Waals surface area contributed by atoms with Crippen molar-refractivity contribution in [1.82, 2.24) is 9.97 Å². The van der Waals surface area contributed by atoms with Crippen LogP contribution in [0.5, 0.6) is 5.75 Å². The number of H-pyrrole nitrogens is 1. The molecule has 0 aliphatic rings. The summed E-state index contributed by atoms with van der Waals surface area (Å²) in [4.78, 5) is 8.03. The number of hydrogen-bond acceptors (Lipinski definition) is 2. The topological polar surface area (TPSA) is 37.9 Å². The fourth-order valence-electron chi connectivity index (χ4n) is 2.58. The Morgan fingerprint density at radius 1 is 1.17 bits per heavy atom. The second-order valence-electron chi connectivity index (χ2n) is 5.46. The third-order valence-corrected chi connectivity index (χ3v) is 4.65. The van der Waals surface area contributed by atoms with Crippen LogP contribution in [0, 0.1) is 6.92 Å². The van der Waals surface area contributed by atoms with E-state index in [4.69, 9.17) is 21.3 Å². The van der Waals surface area contributed by atoms with E-state index >= 15 is 0 Å². The van der Waals surface area contributed by atoms with Crippen molar-refractivity contribution in [3.63, 3.8) is 0 Å². The SMILES string of the molecule is Cc1c(CCCBr)ccc2[nH]c(COc3ccc(Cl)cc3)nc12. The lowest BCUT2D eigenvalue weighted by Crippen LogP contribution is -1.97. The summed E-state index contributed by atoms with van der Waals surface area (Å²) >= 11 is 9.36. The summed E-state index contributed by atoms with van der Waals surface area (Å²) in [6, 6.07) is 11.6. The molecule has 1 heterocycles. The summed E-state index contributed by atoms with van der Waals surface area (Å²) < 4.78 is 5.75. The van der Waals surface area contributed by atoms with Gasteiger partial charge in [-0.15, -0.1) is 0 Å². The molecule has 0 saturated carbocycles. The van der Waals surface area contributed by atoms with Gasteiger partial charge in [0.15, 0.2) is 0 Å². The zero-order valence-corrected chi connectivity index (χ0v) is 15.2. The number of aromatic amines is 1. The average molecular weight is 394 g/mol. The van der Waals surface area contributed by atoms with Gasteiger partial charge in [-0.25, -0.2) is 4.98 Å². The van der Waals surface area contributed by atoms with Crippen molar-refractivity contribution in [1.29, 1.82) is 0 Å². The lowest BCUT2D eigenvalue weighted by molar-refractivity contribution is 0.297. The summed E-state index contributed by atoms with van der Waals surface area (Å²) in [5.41, 5.74) is 4.69. The van der Waals surface area contributed by atoms with Gasteiger partial charge in [0.2, 0.25) is 0 Å². The summed E-state index contributed by atoms with van der Waals surface area (Å²) in [7, 11) is 0. The van der Waals surface area contributed by atoms with Crippen LogP contribution >= 0.6 is 27.5 Å². The highest BCUT2D eigenvalue weighted by Crippen LogP contribution is 2.22. The van der Waals surface area contributed by atoms with Gasteiger partial charge in [-0.3, -0.25) is 0 Å². The van der Waals surface area contributed by atoms with E-state index < -0.39 is 0 Å². The van der Waals surface area contributed by atoms with Gasteiger partial charge in [-0.1, -0.05) is 33.6 Å². The van der Waals surface area contributed by atoms with Crippen LogP contribution in [0.4, 0.5) is 0 Å². The Morgan fingerprint density at radius 3 is 2.70 bits per heavy atom. The van der Waals surface area contributed by atoms with Crippen molar-refractivity contribution in [3.8, 4) is 5.75 Å². The molecule has 0 radical (unpaired) electrons. The first kappa shape index (κ1) is 16.3. The van der Waals surface area contributed by atoms with Gasteiger partial charge in [0.1, 0.15) is 18.2 Å². The second kappa shape index (κ2) is 7.37. The number of ether oxygens (including phenoxy) is 1. The molecule has 0 aliphatic carbocycles. The Labute approximate surface area is 149 Å². The number of fused-ring (bicyclic) bond motifs is 1. The predicted octanol–water partition coefficient (Wildman–Crippen LogP) is 5.43. The first-order valence-electron chi connectivity index (χ1n) is 7.59. The van der Waals surface area contributed by atoms with E-state index in [1.165, 1.54) is 11.1 Å². The normalized spacial score (nSPS) is 11.1. The van der Waals surface area contributed by atoms with Gasteiger partial charge in [0, 0.05) is 10.4 Å². The van der Waals surface area contributed by atoms with E-state index in [1.54, 1.807) is 0 Å². The minimum absolute atomic E-state index is 0.409. The molecule has 0 aliphatic heterocycles. The number of rotatable bonds is 6. The number of imidazole rings is 1. The maximum atomic E-state index is 5.87. The van der Waals surface area contributed by atoms with E-state index in [1.807, 2.05) is 24.3 Å². The van der Waals surface area contributed by atoms with Crippen LogP contribution in [0.2, 0.25) is 5.02 Å². The van der Waals surface area contributed by atoms with Crippen molar-refractivity contribution in [2.45, 2.75) is 26.4 Å². The Bertz CT molecular complexity index is 799. The van der Waals surface area contributed by atoms with Crippen LogP contribution in [-0.2, 0) is 13.0 Å². The highest BCUT2D eigenvalue weighted by atomic mass is 79.9. The molecule has 0 saturated heterocycles. The Morgan fingerprint density at radius 2 is 1.96 bits per heavy atom. The Hall–Kier alpha value is -1.52. The smallest absolute Gasteiger partial charge is 0.146 e. The monoisotopic (exact) mass is 392 g/mol. The standard InChI is InChI=1S/C18H18BrClN2O/c1-12-13(3-2-10-19)4-9-16-18(12)22-17(21-16)11-23-15-7-5-14(20)6-8-15/h4-9H,2-3,10-11H2,1H3,(H,21,22). The number of nitrogens with one attached hydrogen (secondary N) is 1. The molecule has 3 rings (SSSR count). The highest BCUT2D eigenvalue weighted by molar-refractivity contribution is 9.09. The van der Waals surface area contributed by atoms with Gasteiger partial charge < -0.3 is 9.72 Å². The van der Waals surface area contributed by atoms with Crippen LogP contribution in [0.3, 0.4) is 0 Å². The number of benzene rings is 2. The van der Waals surface area contributed by atoms with Gasteiger partial charge in [0.25, 0.3) is 0 Å². The first-order valence-corrected chi connectivity index (χ1v) is 9.08. The molecule has 0 unspecified atom stereocenters. The van der Waals surface area contributed by atoms with E-state index in [2.05, 4.69) is 40.0 Å². The van der Waals surface area contributed by atoms with E-state index in [-0.39, 0.29) is 0 Å². The molecule has 5 heteroatoms. The fraction of sp³-hybridized carbons (Fsp3) is 0.278. The molecule has 0 atom stereocenters. The van der Waals surface area contributed by atoms with E-state index in [0.29, 0.717) is 11.6 Å². The average Bonchev–Trinajstić information content (AvgIpc) is 2.98. The van der Waals surface area contributed by atoms with E-state index in [9.17, 15) is 0 Å². The molecule has 23 heavy (non-hydrogen) atoms. The van der Waals surface area contributed by atoms with Gasteiger partial charge in [-0.05, 0) is 61.2 Å². The van der Waals surface area contributed by atoms with Crippen molar-refractivity contribution in [3.05, 3.63) is 58.4 Å². The quantitative estimate of drug-likeness (QED) is 0.567. The lowest BCUT2D eigenvalue weighted by atomic mass is 10.0. The zero-order chi connectivity index (χ0) is 16.2. The molecule has 1 aromatic heterocycles. The number of hydrogen-bond donors (Lipinski definition) is 1. The summed E-state index contributed by atoms with van der Waals surface area (Å²) in [6.45, 7) is 2.54. The van der Waals surface area contributed by atoms with Crippen LogP contribution in [0.25, 0.3) is 11.0 Å². The highest BCUT2D eigenvalue weighted by Gasteiger charge is 2.09.